The van der Waals surface area contributed by atoms with E-state index in [1.165, 1.54) is 6.42 Å². The molecule has 0 aliphatic heterocycles. The number of thioether (sulfide) groups is 1. The van der Waals surface area contributed by atoms with Gasteiger partial charge in [-0.15, -0.1) is 0 Å². The van der Waals surface area contributed by atoms with E-state index in [-0.39, 0.29) is 22.9 Å². The number of carbonyl (C=O) groups excluding carboxylic acids is 1. The van der Waals surface area contributed by atoms with Crippen LogP contribution >= 0.6 is 11.8 Å². The van der Waals surface area contributed by atoms with Crippen LogP contribution in [0.4, 0.5) is 0 Å². The molecule has 0 amide bonds. The van der Waals surface area contributed by atoms with Crippen LogP contribution in [-0.4, -0.2) is 17.3 Å². The van der Waals surface area contributed by atoms with Gasteiger partial charge in [-0.25, -0.2) is 0 Å². The number of hydrogen-bond acceptors (Lipinski definition) is 2. The molecule has 10 radical (unpaired) electrons. The monoisotopic (exact) mass is 316 g/mol. The summed E-state index contributed by atoms with van der Waals surface area (Å²) in [4.78, 5) is 11.5. The fourth-order valence-corrected chi connectivity index (χ4v) is 2.26. The Labute approximate surface area is 134 Å². The maximum absolute atomic E-state index is 11.5. The Morgan fingerprint density at radius 1 is 0.947 bits per heavy atom. The Kier molecular flexibility index (Phi) is 13.9. The summed E-state index contributed by atoms with van der Waals surface area (Å²) >= 11 is 1.86. The van der Waals surface area contributed by atoms with Crippen LogP contribution in [0.5, 0.6) is 0 Å². The Morgan fingerprint density at radius 2 is 1.47 bits per heavy atom. The Morgan fingerprint density at radius 3 is 1.95 bits per heavy atom. The van der Waals surface area contributed by atoms with E-state index in [1.54, 1.807) is 0 Å². The van der Waals surface area contributed by atoms with Gasteiger partial charge in [-0.1, -0.05) is 6.92 Å². The van der Waals surface area contributed by atoms with Crippen molar-refractivity contribution in [1.29, 1.82) is 0 Å². The van der Waals surface area contributed by atoms with Gasteiger partial charge >= 0.3 is 17.1 Å². The number of Topliss-reactive ketones (excluding diaryl/α,β-unsaturated/α-hetero) is 1. The van der Waals surface area contributed by atoms with Crippen LogP contribution in [0, 0.1) is 63.7 Å². The summed E-state index contributed by atoms with van der Waals surface area (Å²) in [7, 11) is 0. The summed E-state index contributed by atoms with van der Waals surface area (Å²) in [6.07, 6.45) is 19.4. The summed E-state index contributed by atoms with van der Waals surface area (Å²) in [6.45, 7) is 2.16. The molecule has 3 heteroatoms. The Bertz CT molecular complexity index is 203. The first-order chi connectivity index (χ1) is 8.84. The van der Waals surface area contributed by atoms with E-state index in [1.807, 2.05) is 69.5 Å². The first kappa shape index (κ1) is 19.5. The normalized spacial score (nSPS) is 18.6. The molecule has 2 aliphatic rings. The summed E-state index contributed by atoms with van der Waals surface area (Å²) in [5.41, 5.74) is 0. The molecule has 19 heavy (non-hydrogen) atoms. The molecular weight excluding hydrogens is 296 g/mol. The molecule has 0 unspecified atom stereocenters. The molecule has 1 nitrogen and oxygen atoms in total. The van der Waals surface area contributed by atoms with Gasteiger partial charge in [0.2, 0.25) is 0 Å². The number of carbonyl (C=O) groups is 1. The molecule has 0 aromatic rings. The van der Waals surface area contributed by atoms with Gasteiger partial charge < -0.3 is 0 Å². The fourth-order valence-electron chi connectivity index (χ4n) is 1.44. The number of ketones is 1. The molecule has 0 N–H and O–H groups in total. The third kappa shape index (κ3) is 9.98. The third-order valence-electron chi connectivity index (χ3n) is 2.36. The zero-order chi connectivity index (χ0) is 13.1. The van der Waals surface area contributed by atoms with E-state index in [0.717, 1.165) is 17.4 Å². The van der Waals surface area contributed by atoms with Crippen LogP contribution in [0.15, 0.2) is 0 Å². The Balaban J connectivity index is 0.000000454. The average Bonchev–Trinajstić information content (AvgIpc) is 3.09. The maximum Gasteiger partial charge on any atom is 2.00 e. The van der Waals surface area contributed by atoms with E-state index in [9.17, 15) is 4.79 Å². The summed E-state index contributed by atoms with van der Waals surface area (Å²) in [6, 6.07) is 0. The molecule has 0 saturated heterocycles. The van der Waals surface area contributed by atoms with Crippen LogP contribution in [0.25, 0.3) is 0 Å². The molecule has 0 atom stereocenters. The second kappa shape index (κ2) is 13.5. The topological polar surface area (TPSA) is 17.1 Å². The minimum absolute atomic E-state index is 0. The fraction of sp³-hybridized carbons (Fsp3) is 0.312. The average molecular weight is 316 g/mol. The van der Waals surface area contributed by atoms with Crippen molar-refractivity contribution in [3.05, 3.63) is 63.7 Å². The molecule has 102 valence electrons. The van der Waals surface area contributed by atoms with Crippen LogP contribution < -0.4 is 0 Å². The van der Waals surface area contributed by atoms with Gasteiger partial charge in [0.15, 0.2) is 0 Å². The van der Waals surface area contributed by atoms with Crippen molar-refractivity contribution >= 4 is 17.5 Å². The second-order valence-electron chi connectivity index (χ2n) is 3.92. The van der Waals surface area contributed by atoms with E-state index >= 15 is 0 Å². The van der Waals surface area contributed by atoms with Gasteiger partial charge in [0.25, 0.3) is 0 Å². The molecular formula is C16H20FeOS+2. The van der Waals surface area contributed by atoms with Crippen molar-refractivity contribution < 1.29 is 21.9 Å². The molecule has 2 rings (SSSR count). The minimum atomic E-state index is 0. The largest absolute Gasteiger partial charge is 2.00 e. The quantitative estimate of drug-likeness (QED) is 0.551. The van der Waals surface area contributed by atoms with Crippen molar-refractivity contribution in [1.82, 2.24) is 0 Å². The predicted octanol–water partition coefficient (Wildman–Crippen LogP) is 3.51. The minimum Gasteiger partial charge on any atom is -0.299 e. The molecule has 0 heterocycles. The van der Waals surface area contributed by atoms with Crippen molar-refractivity contribution in [2.75, 3.05) is 11.5 Å². The van der Waals surface area contributed by atoms with Crippen molar-refractivity contribution in [2.45, 2.75) is 19.8 Å². The van der Waals surface area contributed by atoms with Crippen molar-refractivity contribution in [3.63, 3.8) is 0 Å². The van der Waals surface area contributed by atoms with Crippen LogP contribution in [0.3, 0.4) is 0 Å². The first-order valence-electron chi connectivity index (χ1n) is 6.34. The number of rotatable bonds is 6. The Hall–Kier alpha value is 0.539. The van der Waals surface area contributed by atoms with E-state index in [2.05, 4.69) is 6.92 Å². The molecule has 2 saturated carbocycles. The predicted molar refractivity (Wildman–Crippen MR) is 79.2 cm³/mol. The van der Waals surface area contributed by atoms with Gasteiger partial charge in [-0.2, -0.15) is 11.8 Å². The van der Waals surface area contributed by atoms with Crippen LogP contribution in [-0.2, 0) is 21.9 Å². The first-order valence-corrected chi connectivity index (χ1v) is 7.49. The molecule has 0 bridgehead atoms. The second-order valence-corrected chi connectivity index (χ2v) is 5.15. The summed E-state index contributed by atoms with van der Waals surface area (Å²) < 4.78 is 0. The van der Waals surface area contributed by atoms with E-state index in [0.29, 0.717) is 6.42 Å². The maximum atomic E-state index is 11.5. The zero-order valence-corrected chi connectivity index (χ0v) is 13.1. The number of hydrogen-bond donors (Lipinski definition) is 0. The SMILES string of the molecule is CCCSCCC(=O)[C]1[CH][CH][CH][CH]1.[CH]1[CH][CH][CH][CH]1.[Fe+2]. The third-order valence-corrected chi connectivity index (χ3v) is 3.55. The standard InChI is InChI=1S/C11H15OS.C5H5.Fe/c1-2-8-13-9-7-11(12)10-5-3-4-6-10;1-2-4-5-3-1;/h3-6H,2,7-9H2,1H3;1-5H;/q;;+2. The van der Waals surface area contributed by atoms with E-state index in [4.69, 9.17) is 0 Å². The van der Waals surface area contributed by atoms with Crippen LogP contribution in [0.2, 0.25) is 0 Å². The molecule has 0 spiro atoms. The zero-order valence-electron chi connectivity index (χ0n) is 11.2. The van der Waals surface area contributed by atoms with Gasteiger partial charge in [-0.05, 0) is 70.0 Å². The van der Waals surface area contributed by atoms with Crippen molar-refractivity contribution in [2.24, 2.45) is 0 Å². The smallest absolute Gasteiger partial charge is 0.299 e. The van der Waals surface area contributed by atoms with Gasteiger partial charge in [-0.3, -0.25) is 4.79 Å². The molecule has 0 aromatic heterocycles. The molecule has 2 fully saturated rings. The van der Waals surface area contributed by atoms with E-state index < -0.39 is 0 Å². The van der Waals surface area contributed by atoms with Gasteiger partial charge in [0.1, 0.15) is 5.78 Å². The molecule has 2 aliphatic carbocycles. The van der Waals surface area contributed by atoms with Crippen LogP contribution in [0.1, 0.15) is 19.8 Å². The van der Waals surface area contributed by atoms with Gasteiger partial charge in [0.05, 0.1) is 0 Å². The molecule has 0 aromatic carbocycles. The summed E-state index contributed by atoms with van der Waals surface area (Å²) in [5, 5.41) is 0. The van der Waals surface area contributed by atoms with Gasteiger partial charge in [0, 0.05) is 18.1 Å². The summed E-state index contributed by atoms with van der Waals surface area (Å²) in [5.74, 6) is 3.25. The van der Waals surface area contributed by atoms with Crippen molar-refractivity contribution in [3.8, 4) is 0 Å².